The molecule has 102 valence electrons. The fraction of sp³-hybridized carbons (Fsp3) is 0.556. The molecule has 0 saturated heterocycles. The SMILES string of the molecule is CCOP(=O)(OCC)C(O)c1cc([N+](=O)[O-])cs1. The molecule has 1 aromatic rings. The Morgan fingerprint density at radius 1 is 1.50 bits per heavy atom. The van der Waals surface area contributed by atoms with Crippen LogP contribution in [0.4, 0.5) is 5.69 Å². The van der Waals surface area contributed by atoms with Crippen LogP contribution in [-0.2, 0) is 13.6 Å². The normalized spacial score (nSPS) is 13.5. The number of nitrogens with zero attached hydrogens (tertiary/aromatic N) is 1. The smallest absolute Gasteiger partial charge is 0.364 e. The van der Waals surface area contributed by atoms with Crippen molar-refractivity contribution in [3.05, 3.63) is 26.4 Å². The van der Waals surface area contributed by atoms with E-state index in [1.165, 1.54) is 11.4 Å². The molecular weight excluding hydrogens is 281 g/mol. The lowest BCUT2D eigenvalue weighted by molar-refractivity contribution is -0.384. The summed E-state index contributed by atoms with van der Waals surface area (Å²) in [4.78, 5) is 10.1. The van der Waals surface area contributed by atoms with Crippen molar-refractivity contribution >= 4 is 24.6 Å². The van der Waals surface area contributed by atoms with Crippen molar-refractivity contribution in [2.75, 3.05) is 13.2 Å². The molecule has 1 rings (SSSR count). The Morgan fingerprint density at radius 3 is 2.44 bits per heavy atom. The van der Waals surface area contributed by atoms with Gasteiger partial charge in [-0.1, -0.05) is 0 Å². The molecule has 0 amide bonds. The van der Waals surface area contributed by atoms with Crippen LogP contribution < -0.4 is 0 Å². The molecule has 0 fully saturated rings. The average molecular weight is 295 g/mol. The Morgan fingerprint density at radius 2 is 2.06 bits per heavy atom. The van der Waals surface area contributed by atoms with E-state index in [1.807, 2.05) is 0 Å². The molecule has 0 spiro atoms. The zero-order valence-electron chi connectivity index (χ0n) is 9.94. The second-order valence-corrected chi connectivity index (χ2v) is 6.24. The van der Waals surface area contributed by atoms with E-state index in [-0.39, 0.29) is 23.8 Å². The Labute approximate surface area is 108 Å². The number of rotatable bonds is 7. The van der Waals surface area contributed by atoms with Crippen molar-refractivity contribution in [3.63, 3.8) is 0 Å². The Kier molecular flexibility index (Phi) is 5.43. The van der Waals surface area contributed by atoms with Crippen molar-refractivity contribution in [1.29, 1.82) is 0 Å². The van der Waals surface area contributed by atoms with Gasteiger partial charge in [-0.2, -0.15) is 0 Å². The van der Waals surface area contributed by atoms with E-state index in [1.54, 1.807) is 13.8 Å². The molecule has 0 bridgehead atoms. The molecule has 1 aromatic heterocycles. The summed E-state index contributed by atoms with van der Waals surface area (Å²) in [7, 11) is -3.71. The number of aliphatic hydroxyl groups excluding tert-OH is 1. The summed E-state index contributed by atoms with van der Waals surface area (Å²) >= 11 is 0.941. The average Bonchev–Trinajstić information content (AvgIpc) is 2.77. The van der Waals surface area contributed by atoms with Gasteiger partial charge in [0.15, 0.2) is 5.85 Å². The van der Waals surface area contributed by atoms with Gasteiger partial charge in [-0.15, -0.1) is 11.3 Å². The van der Waals surface area contributed by atoms with Crippen molar-refractivity contribution in [2.45, 2.75) is 19.7 Å². The summed E-state index contributed by atoms with van der Waals surface area (Å²) in [5.74, 6) is -1.50. The predicted octanol–water partition coefficient (Wildman–Crippen LogP) is 2.91. The largest absolute Gasteiger partial charge is 0.376 e. The van der Waals surface area contributed by atoms with Gasteiger partial charge in [-0.25, -0.2) is 0 Å². The lowest BCUT2D eigenvalue weighted by Crippen LogP contribution is -2.04. The van der Waals surface area contributed by atoms with Gasteiger partial charge in [-0.05, 0) is 13.8 Å². The first-order chi connectivity index (χ1) is 8.44. The molecule has 0 saturated carbocycles. The predicted molar refractivity (Wildman–Crippen MR) is 66.8 cm³/mol. The van der Waals surface area contributed by atoms with Gasteiger partial charge in [0.25, 0.3) is 5.69 Å². The van der Waals surface area contributed by atoms with Crippen molar-refractivity contribution < 1.29 is 23.6 Å². The maximum Gasteiger partial charge on any atom is 0.364 e. The summed E-state index contributed by atoms with van der Waals surface area (Å²) in [6.45, 7) is 3.47. The van der Waals surface area contributed by atoms with Crippen LogP contribution in [0.3, 0.4) is 0 Å². The number of hydrogen-bond donors (Lipinski definition) is 1. The summed E-state index contributed by atoms with van der Waals surface area (Å²) in [5.41, 5.74) is -0.159. The fourth-order valence-electron chi connectivity index (χ4n) is 1.27. The standard InChI is InChI=1S/C9H14NO6PS/c1-3-15-17(14,16-4-2)9(11)8-5-7(6-18-8)10(12)13/h5-6,9,11H,3-4H2,1-2H3. The summed E-state index contributed by atoms with van der Waals surface area (Å²) in [6.07, 6.45) is 0. The quantitative estimate of drug-likeness (QED) is 0.471. The highest BCUT2D eigenvalue weighted by Gasteiger charge is 2.37. The Hall–Kier alpha value is -0.790. The van der Waals surface area contributed by atoms with E-state index in [0.717, 1.165) is 11.3 Å². The van der Waals surface area contributed by atoms with Gasteiger partial charge in [0.05, 0.1) is 28.4 Å². The molecule has 18 heavy (non-hydrogen) atoms. The zero-order valence-corrected chi connectivity index (χ0v) is 11.6. The van der Waals surface area contributed by atoms with Crippen molar-refractivity contribution in [3.8, 4) is 0 Å². The third-order valence-corrected chi connectivity index (χ3v) is 5.25. The van der Waals surface area contributed by atoms with Crippen LogP contribution in [0.1, 0.15) is 24.6 Å². The fourth-order valence-corrected chi connectivity index (χ4v) is 4.02. The number of thiophene rings is 1. The topological polar surface area (TPSA) is 98.9 Å². The van der Waals surface area contributed by atoms with Gasteiger partial charge in [0, 0.05) is 6.07 Å². The minimum absolute atomic E-state index is 0.113. The van der Waals surface area contributed by atoms with E-state index in [9.17, 15) is 19.8 Å². The lowest BCUT2D eigenvalue weighted by Gasteiger charge is -2.21. The van der Waals surface area contributed by atoms with E-state index >= 15 is 0 Å². The molecule has 1 unspecified atom stereocenters. The first-order valence-corrected chi connectivity index (χ1v) is 7.73. The molecule has 0 aliphatic rings. The highest BCUT2D eigenvalue weighted by molar-refractivity contribution is 7.54. The monoisotopic (exact) mass is 295 g/mol. The molecule has 0 aromatic carbocycles. The maximum atomic E-state index is 12.2. The van der Waals surface area contributed by atoms with Crippen LogP contribution >= 0.6 is 18.9 Å². The van der Waals surface area contributed by atoms with Crippen LogP contribution in [-0.4, -0.2) is 23.2 Å². The Balaban J connectivity index is 2.97. The number of aliphatic hydroxyl groups is 1. The first kappa shape index (κ1) is 15.3. The third kappa shape index (κ3) is 3.37. The molecule has 1 N–H and O–H groups in total. The van der Waals surface area contributed by atoms with Crippen LogP contribution in [0.15, 0.2) is 11.4 Å². The van der Waals surface area contributed by atoms with Crippen LogP contribution in [0.25, 0.3) is 0 Å². The molecule has 1 atom stereocenters. The molecular formula is C9H14NO6PS. The number of nitro groups is 1. The summed E-state index contributed by atoms with van der Waals surface area (Å²) in [5, 5.41) is 21.8. The molecule has 1 heterocycles. The van der Waals surface area contributed by atoms with Gasteiger partial charge in [0.1, 0.15) is 0 Å². The van der Waals surface area contributed by atoms with E-state index < -0.39 is 18.4 Å². The molecule has 0 aliphatic carbocycles. The zero-order chi connectivity index (χ0) is 13.8. The first-order valence-electron chi connectivity index (χ1n) is 5.24. The van der Waals surface area contributed by atoms with E-state index in [2.05, 4.69) is 0 Å². The molecule has 9 heteroatoms. The lowest BCUT2D eigenvalue weighted by atomic mass is 10.4. The highest BCUT2D eigenvalue weighted by atomic mass is 32.1. The van der Waals surface area contributed by atoms with Gasteiger partial charge in [0.2, 0.25) is 0 Å². The van der Waals surface area contributed by atoms with E-state index in [4.69, 9.17) is 9.05 Å². The highest BCUT2D eigenvalue weighted by Crippen LogP contribution is 2.60. The Bertz CT molecular complexity index is 452. The van der Waals surface area contributed by atoms with Gasteiger partial charge < -0.3 is 14.2 Å². The summed E-state index contributed by atoms with van der Waals surface area (Å²) < 4.78 is 22.2. The summed E-state index contributed by atoms with van der Waals surface area (Å²) in [6, 6.07) is 1.17. The molecule has 0 radical (unpaired) electrons. The third-order valence-electron chi connectivity index (χ3n) is 1.99. The number of hydrogen-bond acceptors (Lipinski definition) is 7. The van der Waals surface area contributed by atoms with Gasteiger partial charge in [-0.3, -0.25) is 14.7 Å². The van der Waals surface area contributed by atoms with Crippen molar-refractivity contribution in [2.24, 2.45) is 0 Å². The molecule has 7 nitrogen and oxygen atoms in total. The van der Waals surface area contributed by atoms with E-state index in [0.29, 0.717) is 0 Å². The van der Waals surface area contributed by atoms with Crippen molar-refractivity contribution in [1.82, 2.24) is 0 Å². The maximum absolute atomic E-state index is 12.2. The minimum Gasteiger partial charge on any atom is -0.376 e. The van der Waals surface area contributed by atoms with Crippen LogP contribution in [0.5, 0.6) is 0 Å². The molecule has 0 aliphatic heterocycles. The second kappa shape index (κ2) is 6.40. The van der Waals surface area contributed by atoms with Crippen LogP contribution in [0.2, 0.25) is 0 Å². The minimum atomic E-state index is -3.71. The van der Waals surface area contributed by atoms with Crippen LogP contribution in [0, 0.1) is 10.1 Å². The van der Waals surface area contributed by atoms with Gasteiger partial charge >= 0.3 is 7.60 Å². The second-order valence-electron chi connectivity index (χ2n) is 3.21.